The molecule has 0 saturated carbocycles. The summed E-state index contributed by atoms with van der Waals surface area (Å²) >= 11 is 0. The van der Waals surface area contributed by atoms with Crippen molar-refractivity contribution in [3.05, 3.63) is 106 Å². The molecule has 5 nitrogen and oxygen atoms in total. The number of aromatic nitrogens is 1. The lowest BCUT2D eigenvalue weighted by atomic mass is 10.0. The zero-order chi connectivity index (χ0) is 19.0. The fraction of sp³-hybridized carbons (Fsp3) is 0.0455. The predicted molar refractivity (Wildman–Crippen MR) is 101 cm³/mol. The van der Waals surface area contributed by atoms with Crippen LogP contribution in [0.1, 0.15) is 31.8 Å². The second-order valence-corrected chi connectivity index (χ2v) is 6.26. The number of aryl methyl sites for hydroxylation is 1. The Bertz CT molecular complexity index is 1230. The third kappa shape index (κ3) is 3.00. The Morgan fingerprint density at radius 3 is 2.30 bits per heavy atom. The summed E-state index contributed by atoms with van der Waals surface area (Å²) in [6.45, 7) is 1.87. The lowest BCUT2D eigenvalue weighted by Gasteiger charge is -2.04. The highest BCUT2D eigenvalue weighted by Gasteiger charge is 2.19. The minimum Gasteiger partial charge on any atom is -0.407 e. The molecule has 4 aromatic rings. The van der Waals surface area contributed by atoms with Gasteiger partial charge in [-0.2, -0.15) is 0 Å². The van der Waals surface area contributed by atoms with Crippen molar-refractivity contribution in [1.82, 2.24) is 4.57 Å². The zero-order valence-corrected chi connectivity index (χ0v) is 14.5. The molecule has 0 spiro atoms. The van der Waals surface area contributed by atoms with E-state index in [1.807, 2.05) is 19.1 Å². The van der Waals surface area contributed by atoms with Crippen LogP contribution >= 0.6 is 0 Å². The molecule has 0 aliphatic carbocycles. The van der Waals surface area contributed by atoms with Crippen molar-refractivity contribution >= 4 is 22.8 Å². The van der Waals surface area contributed by atoms with Crippen LogP contribution < -0.4 is 5.76 Å². The molecule has 0 fully saturated rings. The van der Waals surface area contributed by atoms with Gasteiger partial charge in [-0.05, 0) is 37.3 Å². The summed E-state index contributed by atoms with van der Waals surface area (Å²) in [6.07, 6.45) is 0. The van der Waals surface area contributed by atoms with Gasteiger partial charge >= 0.3 is 5.76 Å². The van der Waals surface area contributed by atoms with Crippen molar-refractivity contribution in [3.63, 3.8) is 0 Å². The van der Waals surface area contributed by atoms with E-state index in [0.717, 1.165) is 10.1 Å². The standard InChI is InChI=1S/C22H15NO4/c1-14-6-5-9-17(12-14)21(25)23-18-11-10-16(13-19(18)27-22(23)26)20(24)15-7-3-2-4-8-15/h2-13H,1H3. The lowest BCUT2D eigenvalue weighted by molar-refractivity contribution is 0.0955. The molecule has 0 N–H and O–H groups in total. The molecule has 0 aliphatic rings. The van der Waals surface area contributed by atoms with Gasteiger partial charge in [-0.3, -0.25) is 9.59 Å². The first-order chi connectivity index (χ1) is 13.0. The van der Waals surface area contributed by atoms with Gasteiger partial charge in [0, 0.05) is 16.7 Å². The van der Waals surface area contributed by atoms with Gasteiger partial charge in [-0.25, -0.2) is 9.36 Å². The van der Waals surface area contributed by atoms with Gasteiger partial charge in [-0.15, -0.1) is 0 Å². The quantitative estimate of drug-likeness (QED) is 0.523. The second kappa shape index (κ2) is 6.53. The summed E-state index contributed by atoms with van der Waals surface area (Å²) < 4.78 is 6.22. The highest BCUT2D eigenvalue weighted by atomic mass is 16.4. The molecule has 1 aromatic heterocycles. The van der Waals surface area contributed by atoms with Gasteiger partial charge in [0.1, 0.15) is 0 Å². The minimum absolute atomic E-state index is 0.182. The summed E-state index contributed by atoms with van der Waals surface area (Å²) in [4.78, 5) is 37.6. The lowest BCUT2D eigenvalue weighted by Crippen LogP contribution is -2.23. The number of hydrogen-bond donors (Lipinski definition) is 0. The molecule has 0 unspecified atom stereocenters. The number of nitrogens with zero attached hydrogens (tertiary/aromatic N) is 1. The number of ketones is 1. The molecule has 27 heavy (non-hydrogen) atoms. The summed E-state index contributed by atoms with van der Waals surface area (Å²) in [5.74, 6) is -1.43. The van der Waals surface area contributed by atoms with Crippen molar-refractivity contribution in [2.45, 2.75) is 6.92 Å². The van der Waals surface area contributed by atoms with Crippen LogP contribution in [0.3, 0.4) is 0 Å². The van der Waals surface area contributed by atoms with Crippen LogP contribution in [0.5, 0.6) is 0 Å². The summed E-state index contributed by atoms with van der Waals surface area (Å²) in [7, 11) is 0. The third-order valence-electron chi connectivity index (χ3n) is 4.35. The normalized spacial score (nSPS) is 10.9. The van der Waals surface area contributed by atoms with E-state index in [9.17, 15) is 14.4 Å². The van der Waals surface area contributed by atoms with Crippen LogP contribution in [0.4, 0.5) is 0 Å². The van der Waals surface area contributed by atoms with Crippen molar-refractivity contribution < 1.29 is 14.0 Å². The summed E-state index contributed by atoms with van der Waals surface area (Å²) in [6, 6.07) is 20.4. The average Bonchev–Trinajstić information content (AvgIpc) is 3.02. The topological polar surface area (TPSA) is 69.3 Å². The number of oxazole rings is 1. The fourth-order valence-electron chi connectivity index (χ4n) is 3.02. The van der Waals surface area contributed by atoms with Gasteiger partial charge in [0.05, 0.1) is 5.52 Å². The third-order valence-corrected chi connectivity index (χ3v) is 4.35. The molecule has 0 atom stereocenters. The van der Waals surface area contributed by atoms with Crippen molar-refractivity contribution in [2.75, 3.05) is 0 Å². The van der Waals surface area contributed by atoms with E-state index < -0.39 is 11.7 Å². The van der Waals surface area contributed by atoms with E-state index in [1.165, 1.54) is 6.07 Å². The Morgan fingerprint density at radius 1 is 0.815 bits per heavy atom. The second-order valence-electron chi connectivity index (χ2n) is 6.26. The maximum atomic E-state index is 12.8. The molecular weight excluding hydrogens is 342 g/mol. The number of rotatable bonds is 3. The van der Waals surface area contributed by atoms with E-state index in [1.54, 1.807) is 54.6 Å². The Kier molecular flexibility index (Phi) is 4.05. The molecule has 3 aromatic carbocycles. The minimum atomic E-state index is -0.777. The smallest absolute Gasteiger partial charge is 0.407 e. The highest BCUT2D eigenvalue weighted by Crippen LogP contribution is 2.19. The Hall–Kier alpha value is -3.73. The van der Waals surface area contributed by atoms with Gasteiger partial charge in [0.2, 0.25) is 0 Å². The first-order valence-corrected chi connectivity index (χ1v) is 8.41. The molecule has 0 bridgehead atoms. The van der Waals surface area contributed by atoms with Crippen LogP contribution in [0.15, 0.2) is 82.0 Å². The molecule has 0 amide bonds. The summed E-state index contributed by atoms with van der Waals surface area (Å²) in [5, 5.41) is 0. The highest BCUT2D eigenvalue weighted by molar-refractivity contribution is 6.10. The first kappa shape index (κ1) is 16.7. The van der Waals surface area contributed by atoms with E-state index in [4.69, 9.17) is 4.42 Å². The van der Waals surface area contributed by atoms with Crippen LogP contribution in [0.2, 0.25) is 0 Å². The molecule has 5 heteroatoms. The fourth-order valence-corrected chi connectivity index (χ4v) is 3.02. The average molecular weight is 357 g/mol. The Morgan fingerprint density at radius 2 is 1.56 bits per heavy atom. The molecule has 132 valence electrons. The van der Waals surface area contributed by atoms with Gasteiger partial charge < -0.3 is 4.42 Å². The Balaban J connectivity index is 1.79. The molecule has 0 saturated heterocycles. The first-order valence-electron chi connectivity index (χ1n) is 8.41. The van der Waals surface area contributed by atoms with E-state index >= 15 is 0 Å². The van der Waals surface area contributed by atoms with E-state index in [-0.39, 0.29) is 11.4 Å². The van der Waals surface area contributed by atoms with Crippen LogP contribution in [-0.4, -0.2) is 16.3 Å². The number of hydrogen-bond acceptors (Lipinski definition) is 4. The van der Waals surface area contributed by atoms with E-state index in [2.05, 4.69) is 0 Å². The molecule has 1 heterocycles. The number of fused-ring (bicyclic) bond motifs is 1. The number of carbonyl (C=O) groups is 2. The SMILES string of the molecule is Cc1cccc(C(=O)n2c(=O)oc3cc(C(=O)c4ccccc4)ccc32)c1. The zero-order valence-electron chi connectivity index (χ0n) is 14.5. The van der Waals surface area contributed by atoms with E-state index in [0.29, 0.717) is 22.2 Å². The van der Waals surface area contributed by atoms with Crippen LogP contribution in [0.25, 0.3) is 11.1 Å². The maximum Gasteiger partial charge on any atom is 0.427 e. The van der Waals surface area contributed by atoms with Crippen molar-refractivity contribution in [2.24, 2.45) is 0 Å². The maximum absolute atomic E-state index is 12.8. The number of benzene rings is 3. The van der Waals surface area contributed by atoms with Crippen molar-refractivity contribution in [3.8, 4) is 0 Å². The monoisotopic (exact) mass is 357 g/mol. The van der Waals surface area contributed by atoms with Crippen LogP contribution in [0, 0.1) is 6.92 Å². The Labute approximate surface area is 154 Å². The molecule has 0 radical (unpaired) electrons. The molecule has 0 aliphatic heterocycles. The number of carbonyl (C=O) groups excluding carboxylic acids is 2. The van der Waals surface area contributed by atoms with Gasteiger partial charge in [0.15, 0.2) is 11.4 Å². The predicted octanol–water partition coefficient (Wildman–Crippen LogP) is 3.82. The molecular formula is C22H15NO4. The largest absolute Gasteiger partial charge is 0.427 e. The van der Waals surface area contributed by atoms with Crippen molar-refractivity contribution in [1.29, 1.82) is 0 Å². The van der Waals surface area contributed by atoms with Crippen LogP contribution in [-0.2, 0) is 0 Å². The molecule has 4 rings (SSSR count). The van der Waals surface area contributed by atoms with Gasteiger partial charge in [-0.1, -0.05) is 48.0 Å². The summed E-state index contributed by atoms with van der Waals surface area (Å²) in [5.41, 5.74) is 2.76. The van der Waals surface area contributed by atoms with Gasteiger partial charge in [0.25, 0.3) is 5.91 Å².